The molecule has 0 fully saturated rings. The predicted molar refractivity (Wildman–Crippen MR) is 37.8 cm³/mol. The minimum absolute atomic E-state index is 0.328. The molecule has 11 heavy (non-hydrogen) atoms. The molecule has 1 rings (SSSR count). The summed E-state index contributed by atoms with van der Waals surface area (Å²) in [6.45, 7) is -0.536. The van der Waals surface area contributed by atoms with Crippen LogP contribution in [0.15, 0.2) is 24.3 Å². The van der Waals surface area contributed by atoms with E-state index in [9.17, 15) is 9.18 Å². The standard InChI is InChI=1S/C8H7FO2/c9-7-3-1-6(2-4-7)8(11)5-10/h1-4,10H,5H2. The van der Waals surface area contributed by atoms with Crippen LogP contribution >= 0.6 is 0 Å². The minimum Gasteiger partial charge on any atom is -0.388 e. The molecule has 1 N–H and O–H groups in total. The van der Waals surface area contributed by atoms with E-state index in [1.165, 1.54) is 24.3 Å². The van der Waals surface area contributed by atoms with Gasteiger partial charge in [0.25, 0.3) is 0 Å². The molecule has 0 aliphatic rings. The van der Waals surface area contributed by atoms with Gasteiger partial charge in [0.1, 0.15) is 12.4 Å². The maximum atomic E-state index is 12.3. The van der Waals surface area contributed by atoms with Gasteiger partial charge in [-0.05, 0) is 24.3 Å². The Morgan fingerprint density at radius 2 is 1.91 bits per heavy atom. The van der Waals surface area contributed by atoms with Gasteiger partial charge in [-0.3, -0.25) is 4.79 Å². The zero-order chi connectivity index (χ0) is 8.27. The highest BCUT2D eigenvalue weighted by Crippen LogP contribution is 2.02. The van der Waals surface area contributed by atoms with E-state index >= 15 is 0 Å². The molecule has 0 aromatic heterocycles. The number of hydrogen-bond acceptors (Lipinski definition) is 2. The van der Waals surface area contributed by atoms with Gasteiger partial charge >= 0.3 is 0 Å². The van der Waals surface area contributed by atoms with Crippen LogP contribution in [0.3, 0.4) is 0 Å². The molecule has 0 radical (unpaired) electrons. The lowest BCUT2D eigenvalue weighted by Crippen LogP contribution is -2.03. The first-order valence-electron chi connectivity index (χ1n) is 3.13. The number of halogens is 1. The third kappa shape index (κ3) is 1.85. The summed E-state index contributed by atoms with van der Waals surface area (Å²) >= 11 is 0. The summed E-state index contributed by atoms with van der Waals surface area (Å²) < 4.78 is 12.3. The van der Waals surface area contributed by atoms with Crippen molar-refractivity contribution in [1.82, 2.24) is 0 Å². The maximum absolute atomic E-state index is 12.3. The van der Waals surface area contributed by atoms with E-state index in [-0.39, 0.29) is 5.82 Å². The molecule has 0 bridgehead atoms. The second-order valence-electron chi connectivity index (χ2n) is 2.09. The minimum atomic E-state index is -0.536. The number of Topliss-reactive ketones (excluding diaryl/α,β-unsaturated/α-hetero) is 1. The van der Waals surface area contributed by atoms with Crippen LogP contribution in [0, 0.1) is 5.82 Å². The summed E-state index contributed by atoms with van der Waals surface area (Å²) in [6, 6.07) is 5.05. The summed E-state index contributed by atoms with van der Waals surface area (Å²) in [6.07, 6.45) is 0. The van der Waals surface area contributed by atoms with Crippen LogP contribution in [-0.4, -0.2) is 17.5 Å². The van der Waals surface area contributed by atoms with Gasteiger partial charge in [-0.1, -0.05) is 0 Å². The van der Waals surface area contributed by atoms with E-state index < -0.39 is 12.4 Å². The smallest absolute Gasteiger partial charge is 0.188 e. The molecule has 0 amide bonds. The van der Waals surface area contributed by atoms with E-state index in [4.69, 9.17) is 5.11 Å². The zero-order valence-corrected chi connectivity index (χ0v) is 5.75. The van der Waals surface area contributed by atoms with Gasteiger partial charge in [0.2, 0.25) is 0 Å². The van der Waals surface area contributed by atoms with Crippen molar-refractivity contribution < 1.29 is 14.3 Å². The average Bonchev–Trinajstić information content (AvgIpc) is 2.05. The highest BCUT2D eigenvalue weighted by molar-refractivity contribution is 5.96. The van der Waals surface area contributed by atoms with Crippen molar-refractivity contribution in [3.05, 3.63) is 35.6 Å². The van der Waals surface area contributed by atoms with Crippen LogP contribution in [0.4, 0.5) is 4.39 Å². The third-order valence-electron chi connectivity index (χ3n) is 1.31. The Morgan fingerprint density at radius 3 is 2.36 bits per heavy atom. The van der Waals surface area contributed by atoms with E-state index in [0.717, 1.165) is 0 Å². The van der Waals surface area contributed by atoms with Crippen molar-refractivity contribution in [2.45, 2.75) is 0 Å². The molecule has 2 nitrogen and oxygen atoms in total. The van der Waals surface area contributed by atoms with Crippen LogP contribution < -0.4 is 0 Å². The average molecular weight is 154 g/mol. The Labute approximate surface area is 63.3 Å². The SMILES string of the molecule is O=C(CO)c1ccc(F)cc1. The quantitative estimate of drug-likeness (QED) is 0.645. The number of carbonyl (C=O) groups excluding carboxylic acids is 1. The van der Waals surface area contributed by atoms with Crippen LogP contribution in [0.5, 0.6) is 0 Å². The fourth-order valence-corrected chi connectivity index (χ4v) is 0.727. The Hall–Kier alpha value is -1.22. The van der Waals surface area contributed by atoms with Gasteiger partial charge in [-0.15, -0.1) is 0 Å². The largest absolute Gasteiger partial charge is 0.388 e. The van der Waals surface area contributed by atoms with Crippen LogP contribution in [0.2, 0.25) is 0 Å². The van der Waals surface area contributed by atoms with E-state index in [0.29, 0.717) is 5.56 Å². The lowest BCUT2D eigenvalue weighted by molar-refractivity contribution is 0.0903. The lowest BCUT2D eigenvalue weighted by Gasteiger charge is -1.94. The molecule has 1 aromatic rings. The second kappa shape index (κ2) is 3.25. The topological polar surface area (TPSA) is 37.3 Å². The van der Waals surface area contributed by atoms with E-state index in [1.807, 2.05) is 0 Å². The monoisotopic (exact) mass is 154 g/mol. The van der Waals surface area contributed by atoms with Gasteiger partial charge in [0.05, 0.1) is 0 Å². The first-order valence-corrected chi connectivity index (χ1v) is 3.13. The van der Waals surface area contributed by atoms with Gasteiger partial charge in [-0.25, -0.2) is 4.39 Å². The Morgan fingerprint density at radius 1 is 1.36 bits per heavy atom. The molecule has 0 aliphatic heterocycles. The van der Waals surface area contributed by atoms with Crippen molar-refractivity contribution in [3.63, 3.8) is 0 Å². The first-order chi connectivity index (χ1) is 5.24. The zero-order valence-electron chi connectivity index (χ0n) is 5.75. The molecule has 0 spiro atoms. The summed E-state index contributed by atoms with van der Waals surface area (Å²) in [5, 5.41) is 8.41. The fourth-order valence-electron chi connectivity index (χ4n) is 0.727. The molecule has 58 valence electrons. The summed E-state index contributed by atoms with van der Waals surface area (Å²) in [5.74, 6) is -0.788. The molecule has 0 unspecified atom stereocenters. The summed E-state index contributed by atoms with van der Waals surface area (Å²) in [7, 11) is 0. The Balaban J connectivity index is 2.90. The van der Waals surface area contributed by atoms with E-state index in [2.05, 4.69) is 0 Å². The lowest BCUT2D eigenvalue weighted by atomic mass is 10.1. The Bertz CT molecular complexity index is 253. The predicted octanol–water partition coefficient (Wildman–Crippen LogP) is 1.00. The molecular formula is C8H7FO2. The van der Waals surface area contributed by atoms with Gasteiger partial charge < -0.3 is 5.11 Å². The van der Waals surface area contributed by atoms with Crippen LogP contribution in [0.1, 0.15) is 10.4 Å². The molecule has 1 aromatic carbocycles. The highest BCUT2D eigenvalue weighted by Gasteiger charge is 2.02. The number of rotatable bonds is 2. The number of aliphatic hydroxyl groups is 1. The number of aliphatic hydroxyl groups excluding tert-OH is 1. The normalized spacial score (nSPS) is 9.64. The Kier molecular flexibility index (Phi) is 2.33. The summed E-state index contributed by atoms with van der Waals surface area (Å²) in [5.41, 5.74) is 0.328. The van der Waals surface area contributed by atoms with Gasteiger partial charge in [0, 0.05) is 5.56 Å². The van der Waals surface area contributed by atoms with Crippen LogP contribution in [-0.2, 0) is 0 Å². The number of hydrogen-bond donors (Lipinski definition) is 1. The summed E-state index contributed by atoms with van der Waals surface area (Å²) in [4.78, 5) is 10.8. The second-order valence-corrected chi connectivity index (χ2v) is 2.09. The molecule has 0 heterocycles. The third-order valence-corrected chi connectivity index (χ3v) is 1.31. The molecule has 0 saturated carbocycles. The van der Waals surface area contributed by atoms with E-state index in [1.54, 1.807) is 0 Å². The highest BCUT2D eigenvalue weighted by atomic mass is 19.1. The van der Waals surface area contributed by atoms with Crippen molar-refractivity contribution in [2.75, 3.05) is 6.61 Å². The number of carbonyl (C=O) groups is 1. The maximum Gasteiger partial charge on any atom is 0.188 e. The number of ketones is 1. The molecular weight excluding hydrogens is 147 g/mol. The number of benzene rings is 1. The van der Waals surface area contributed by atoms with Crippen molar-refractivity contribution in [3.8, 4) is 0 Å². The fraction of sp³-hybridized carbons (Fsp3) is 0.125. The molecule has 0 saturated heterocycles. The van der Waals surface area contributed by atoms with Crippen LogP contribution in [0.25, 0.3) is 0 Å². The molecule has 3 heteroatoms. The van der Waals surface area contributed by atoms with Gasteiger partial charge in [-0.2, -0.15) is 0 Å². The van der Waals surface area contributed by atoms with Crippen molar-refractivity contribution >= 4 is 5.78 Å². The van der Waals surface area contributed by atoms with Crippen molar-refractivity contribution in [1.29, 1.82) is 0 Å². The molecule has 0 aliphatic carbocycles. The first kappa shape index (κ1) is 7.88. The van der Waals surface area contributed by atoms with Crippen molar-refractivity contribution in [2.24, 2.45) is 0 Å². The molecule has 0 atom stereocenters. The van der Waals surface area contributed by atoms with Gasteiger partial charge in [0.15, 0.2) is 5.78 Å².